The Morgan fingerprint density at radius 2 is 1.65 bits per heavy atom. The number of halogens is 1. The maximum Gasteiger partial charge on any atom is 0.255 e. The van der Waals surface area contributed by atoms with Crippen LogP contribution in [-0.2, 0) is 0 Å². The number of nitrogens with two attached hydrogens (primary N) is 1. The van der Waals surface area contributed by atoms with Crippen LogP contribution in [-0.4, -0.2) is 27.2 Å². The Hall–Kier alpha value is -2.60. The Labute approximate surface area is 139 Å². The van der Waals surface area contributed by atoms with Crippen LogP contribution < -0.4 is 25.3 Å². The molecule has 0 spiro atoms. The molecule has 0 bridgehead atoms. The monoisotopic (exact) mass is 336 g/mol. The number of anilines is 2. The third-order valence-electron chi connectivity index (χ3n) is 3.17. The van der Waals surface area contributed by atoms with E-state index < -0.39 is 0 Å². The number of carbonyl (C=O) groups excluding carboxylic acids is 1. The molecule has 122 valence electrons. The van der Waals surface area contributed by atoms with Gasteiger partial charge in [-0.1, -0.05) is 11.6 Å². The van der Waals surface area contributed by atoms with Gasteiger partial charge in [-0.3, -0.25) is 4.79 Å². The van der Waals surface area contributed by atoms with Crippen LogP contribution in [0.5, 0.6) is 17.2 Å². The lowest BCUT2D eigenvalue weighted by molar-refractivity contribution is 0.102. The number of benzene rings is 2. The fourth-order valence-corrected chi connectivity index (χ4v) is 2.28. The molecule has 0 heterocycles. The van der Waals surface area contributed by atoms with Gasteiger partial charge >= 0.3 is 0 Å². The molecule has 0 atom stereocenters. The molecule has 2 aromatic carbocycles. The van der Waals surface area contributed by atoms with Gasteiger partial charge in [-0.05, 0) is 30.3 Å². The first-order valence-corrected chi connectivity index (χ1v) is 7.04. The maximum absolute atomic E-state index is 12.4. The summed E-state index contributed by atoms with van der Waals surface area (Å²) < 4.78 is 15.7. The Kier molecular flexibility index (Phi) is 5.18. The normalized spacial score (nSPS) is 10.1. The fraction of sp³-hybridized carbons (Fsp3) is 0.188. The molecule has 0 saturated heterocycles. The molecule has 0 aliphatic rings. The van der Waals surface area contributed by atoms with Crippen LogP contribution in [0.15, 0.2) is 30.3 Å². The van der Waals surface area contributed by atoms with Crippen LogP contribution in [0.3, 0.4) is 0 Å². The average molecular weight is 337 g/mol. The Bertz CT molecular complexity index is 709. The molecular formula is C16H17ClN2O4. The van der Waals surface area contributed by atoms with Crippen LogP contribution >= 0.6 is 11.6 Å². The van der Waals surface area contributed by atoms with E-state index in [9.17, 15) is 4.79 Å². The predicted octanol–water partition coefficient (Wildman–Crippen LogP) is 3.20. The molecule has 0 fully saturated rings. The smallest absolute Gasteiger partial charge is 0.255 e. The number of methoxy groups -OCH3 is 3. The van der Waals surface area contributed by atoms with Crippen molar-refractivity contribution in [3.05, 3.63) is 40.9 Å². The summed E-state index contributed by atoms with van der Waals surface area (Å²) in [5.74, 6) is 0.828. The van der Waals surface area contributed by atoms with Crippen molar-refractivity contribution in [1.29, 1.82) is 0 Å². The van der Waals surface area contributed by atoms with Crippen molar-refractivity contribution in [3.8, 4) is 17.2 Å². The zero-order valence-corrected chi connectivity index (χ0v) is 13.7. The highest BCUT2D eigenvalue weighted by molar-refractivity contribution is 6.34. The lowest BCUT2D eigenvalue weighted by atomic mass is 10.1. The van der Waals surface area contributed by atoms with E-state index >= 15 is 0 Å². The van der Waals surface area contributed by atoms with E-state index in [1.54, 1.807) is 30.3 Å². The number of hydrogen-bond acceptors (Lipinski definition) is 5. The van der Waals surface area contributed by atoms with Crippen molar-refractivity contribution in [1.82, 2.24) is 0 Å². The number of nitrogens with one attached hydrogen (secondary N) is 1. The molecule has 0 aliphatic heterocycles. The van der Waals surface area contributed by atoms with Crippen LogP contribution in [0.4, 0.5) is 11.4 Å². The van der Waals surface area contributed by atoms with Gasteiger partial charge in [-0.25, -0.2) is 0 Å². The lowest BCUT2D eigenvalue weighted by Crippen LogP contribution is -2.13. The van der Waals surface area contributed by atoms with E-state index in [4.69, 9.17) is 31.5 Å². The number of carbonyl (C=O) groups is 1. The third kappa shape index (κ3) is 3.60. The topological polar surface area (TPSA) is 82.8 Å². The molecule has 0 saturated carbocycles. The molecule has 1 amide bonds. The number of nitrogen functional groups attached to an aromatic ring is 1. The fourth-order valence-electron chi connectivity index (χ4n) is 2.04. The SMILES string of the molecule is COc1cc(C(=O)Nc2ccc(N)cc2Cl)cc(OC)c1OC. The Morgan fingerprint density at radius 3 is 2.13 bits per heavy atom. The highest BCUT2D eigenvalue weighted by Crippen LogP contribution is 2.38. The van der Waals surface area contributed by atoms with E-state index in [1.807, 2.05) is 0 Å². The summed E-state index contributed by atoms with van der Waals surface area (Å²) in [6, 6.07) is 7.96. The van der Waals surface area contributed by atoms with E-state index in [-0.39, 0.29) is 5.91 Å². The molecule has 7 heteroatoms. The van der Waals surface area contributed by atoms with Crippen molar-refractivity contribution in [2.45, 2.75) is 0 Å². The highest BCUT2D eigenvalue weighted by atomic mass is 35.5. The summed E-state index contributed by atoms with van der Waals surface area (Å²) >= 11 is 6.06. The van der Waals surface area contributed by atoms with Gasteiger partial charge in [0, 0.05) is 11.3 Å². The van der Waals surface area contributed by atoms with Gasteiger partial charge in [0.05, 0.1) is 32.0 Å². The Balaban J connectivity index is 2.35. The zero-order valence-electron chi connectivity index (χ0n) is 13.0. The van der Waals surface area contributed by atoms with E-state index in [0.29, 0.717) is 39.2 Å². The summed E-state index contributed by atoms with van der Waals surface area (Å²) in [5.41, 5.74) is 6.95. The van der Waals surface area contributed by atoms with Gasteiger partial charge in [0.1, 0.15) is 0 Å². The molecule has 0 unspecified atom stereocenters. The zero-order chi connectivity index (χ0) is 17.0. The third-order valence-corrected chi connectivity index (χ3v) is 3.48. The highest BCUT2D eigenvalue weighted by Gasteiger charge is 2.17. The van der Waals surface area contributed by atoms with Crippen LogP contribution in [0, 0.1) is 0 Å². The van der Waals surface area contributed by atoms with Gasteiger partial charge in [0.15, 0.2) is 11.5 Å². The average Bonchev–Trinajstić information content (AvgIpc) is 2.55. The van der Waals surface area contributed by atoms with Crippen LogP contribution in [0.2, 0.25) is 5.02 Å². The molecule has 0 aromatic heterocycles. The second-order valence-corrected chi connectivity index (χ2v) is 5.01. The van der Waals surface area contributed by atoms with Crippen LogP contribution in [0.25, 0.3) is 0 Å². The van der Waals surface area contributed by atoms with Crippen molar-refractivity contribution >= 4 is 28.9 Å². The van der Waals surface area contributed by atoms with Gasteiger partial charge in [-0.2, -0.15) is 0 Å². The minimum absolute atomic E-state index is 0.340. The molecular weight excluding hydrogens is 320 g/mol. The van der Waals surface area contributed by atoms with E-state index in [2.05, 4.69) is 5.32 Å². The molecule has 23 heavy (non-hydrogen) atoms. The molecule has 6 nitrogen and oxygen atoms in total. The number of hydrogen-bond donors (Lipinski definition) is 2. The molecule has 0 aliphatic carbocycles. The van der Waals surface area contributed by atoms with Gasteiger partial charge in [0.25, 0.3) is 5.91 Å². The van der Waals surface area contributed by atoms with Crippen molar-refractivity contribution in [3.63, 3.8) is 0 Å². The summed E-state index contributed by atoms with van der Waals surface area (Å²) in [7, 11) is 4.46. The minimum atomic E-state index is -0.365. The molecule has 3 N–H and O–H groups in total. The minimum Gasteiger partial charge on any atom is -0.493 e. The lowest BCUT2D eigenvalue weighted by Gasteiger charge is -2.14. The number of ether oxygens (including phenoxy) is 3. The molecule has 2 aromatic rings. The summed E-state index contributed by atoms with van der Waals surface area (Å²) in [5, 5.41) is 3.07. The van der Waals surface area contributed by atoms with Crippen LogP contribution in [0.1, 0.15) is 10.4 Å². The first-order valence-electron chi connectivity index (χ1n) is 6.66. The van der Waals surface area contributed by atoms with E-state index in [0.717, 1.165) is 0 Å². The first-order chi connectivity index (χ1) is 11.0. The number of amides is 1. The molecule has 2 rings (SSSR count). The summed E-state index contributed by atoms with van der Waals surface area (Å²) in [4.78, 5) is 12.4. The van der Waals surface area contributed by atoms with Gasteiger partial charge in [-0.15, -0.1) is 0 Å². The van der Waals surface area contributed by atoms with Gasteiger partial charge in [0.2, 0.25) is 5.75 Å². The second kappa shape index (κ2) is 7.11. The standard InChI is InChI=1S/C16H17ClN2O4/c1-21-13-6-9(7-14(22-2)15(13)23-3)16(20)19-12-5-4-10(18)8-11(12)17/h4-8H,18H2,1-3H3,(H,19,20). The summed E-state index contributed by atoms with van der Waals surface area (Å²) in [6.07, 6.45) is 0. The first kappa shape index (κ1) is 16.8. The quantitative estimate of drug-likeness (QED) is 0.819. The molecule has 0 radical (unpaired) electrons. The van der Waals surface area contributed by atoms with Crippen molar-refractivity contribution in [2.75, 3.05) is 32.4 Å². The van der Waals surface area contributed by atoms with E-state index in [1.165, 1.54) is 21.3 Å². The van der Waals surface area contributed by atoms with Crippen molar-refractivity contribution in [2.24, 2.45) is 0 Å². The Morgan fingerprint density at radius 1 is 1.04 bits per heavy atom. The van der Waals surface area contributed by atoms with Gasteiger partial charge < -0.3 is 25.3 Å². The largest absolute Gasteiger partial charge is 0.493 e. The van der Waals surface area contributed by atoms with Crippen molar-refractivity contribution < 1.29 is 19.0 Å². The maximum atomic E-state index is 12.4. The number of rotatable bonds is 5. The predicted molar refractivity (Wildman–Crippen MR) is 89.9 cm³/mol. The second-order valence-electron chi connectivity index (χ2n) is 4.61. The summed E-state index contributed by atoms with van der Waals surface area (Å²) in [6.45, 7) is 0.